The lowest BCUT2D eigenvalue weighted by atomic mass is 9.76. The number of aliphatic hydroxyl groups is 2. The Kier molecular flexibility index (Phi) is 6.91. The van der Waals surface area contributed by atoms with Gasteiger partial charge >= 0.3 is 0 Å². The molecule has 3 rings (SSSR count). The third kappa shape index (κ3) is 4.15. The maximum atomic E-state index is 12.8. The first-order valence-corrected chi connectivity index (χ1v) is 10.8. The van der Waals surface area contributed by atoms with Crippen molar-refractivity contribution in [2.45, 2.75) is 46.5 Å². The molecular weight excluding hydrogens is 364 g/mol. The second-order valence-electron chi connectivity index (χ2n) is 7.60. The van der Waals surface area contributed by atoms with E-state index in [0.29, 0.717) is 17.7 Å². The van der Waals surface area contributed by atoms with Crippen LogP contribution in [0.3, 0.4) is 0 Å². The van der Waals surface area contributed by atoms with Gasteiger partial charge in [-0.15, -0.1) is 0 Å². The first kappa shape index (κ1) is 21.3. The highest BCUT2D eigenvalue weighted by Crippen LogP contribution is 2.40. The third-order valence-corrected chi connectivity index (χ3v) is 6.15. The van der Waals surface area contributed by atoms with Crippen molar-refractivity contribution in [1.82, 2.24) is 4.90 Å². The third-order valence-electron chi connectivity index (χ3n) is 6.15. The zero-order valence-corrected chi connectivity index (χ0v) is 17.9. The Hall–Kier alpha value is -2.40. The summed E-state index contributed by atoms with van der Waals surface area (Å²) in [5.74, 6) is 0.131. The summed E-state index contributed by atoms with van der Waals surface area (Å²) in [6.07, 6.45) is 11.3. The normalized spacial score (nSPS) is 23.7. The monoisotopic (exact) mass is 397 g/mol. The van der Waals surface area contributed by atoms with Crippen LogP contribution in [-0.4, -0.2) is 64.0 Å². The molecule has 0 aromatic carbocycles. The van der Waals surface area contributed by atoms with Crippen LogP contribution in [0.15, 0.2) is 58.1 Å². The molecule has 3 aliphatic rings. The highest BCUT2D eigenvalue weighted by atomic mass is 16.3. The minimum absolute atomic E-state index is 0.0285. The second kappa shape index (κ2) is 9.40. The van der Waals surface area contributed by atoms with Gasteiger partial charge in [0, 0.05) is 31.3 Å². The van der Waals surface area contributed by atoms with Gasteiger partial charge in [0.25, 0.3) is 0 Å². The van der Waals surface area contributed by atoms with Crippen LogP contribution in [0.5, 0.6) is 0 Å². The molecule has 0 saturated carbocycles. The average Bonchev–Trinajstić information content (AvgIpc) is 2.75. The number of carbonyl (C=O) groups is 1. The van der Waals surface area contributed by atoms with E-state index in [9.17, 15) is 15.0 Å². The van der Waals surface area contributed by atoms with Crippen LogP contribution >= 0.6 is 0 Å². The first-order chi connectivity index (χ1) is 14.0. The molecule has 0 amide bonds. The summed E-state index contributed by atoms with van der Waals surface area (Å²) in [4.78, 5) is 15.2. The molecule has 0 radical (unpaired) electrons. The van der Waals surface area contributed by atoms with Crippen molar-refractivity contribution in [3.63, 3.8) is 0 Å². The van der Waals surface area contributed by atoms with Gasteiger partial charge in [-0.2, -0.15) is 0 Å². The van der Waals surface area contributed by atoms with Gasteiger partial charge in [-0.3, -0.25) is 4.79 Å². The zero-order chi connectivity index (χ0) is 21.0. The Balaban J connectivity index is 1.83. The van der Waals surface area contributed by atoms with Crippen molar-refractivity contribution in [3.05, 3.63) is 58.1 Å². The number of rotatable bonds is 7. The summed E-state index contributed by atoms with van der Waals surface area (Å²) in [5, 5.41) is 19.9. The smallest absolute Gasteiger partial charge is 0.201 e. The minimum Gasteiger partial charge on any atom is -0.506 e. The Bertz CT molecular complexity index is 865. The van der Waals surface area contributed by atoms with E-state index >= 15 is 0 Å². The van der Waals surface area contributed by atoms with Gasteiger partial charge in [0.15, 0.2) is 12.3 Å². The van der Waals surface area contributed by atoms with E-state index in [2.05, 4.69) is 36.3 Å². The van der Waals surface area contributed by atoms with E-state index in [1.165, 1.54) is 11.4 Å². The predicted molar refractivity (Wildman–Crippen MR) is 116 cm³/mol. The van der Waals surface area contributed by atoms with E-state index < -0.39 is 0 Å². The number of aliphatic hydroxyl groups excluding tert-OH is 2. The molecule has 2 N–H and O–H groups in total. The highest BCUT2D eigenvalue weighted by molar-refractivity contribution is 6.22. The topological polar surface area (TPSA) is 63.8 Å². The van der Waals surface area contributed by atoms with Crippen LogP contribution < -0.4 is 0 Å². The summed E-state index contributed by atoms with van der Waals surface area (Å²) in [5.41, 5.74) is 5.31. The largest absolute Gasteiger partial charge is 0.506 e. The van der Waals surface area contributed by atoms with Gasteiger partial charge in [0.2, 0.25) is 5.78 Å². The molecule has 5 nitrogen and oxygen atoms in total. The van der Waals surface area contributed by atoms with E-state index in [4.69, 9.17) is 0 Å². The number of carbonyl (C=O) groups excluding carboxylic acids is 1. The fraction of sp³-hybridized carbons (Fsp3) is 0.500. The van der Waals surface area contributed by atoms with Gasteiger partial charge in [-0.1, -0.05) is 12.2 Å². The highest BCUT2D eigenvalue weighted by Gasteiger charge is 2.38. The number of Topliss-reactive ketones (excluding diaryl/α,β-unsaturated/α-hetero) is 1. The molecule has 0 aliphatic heterocycles. The van der Waals surface area contributed by atoms with Crippen molar-refractivity contribution in [3.8, 4) is 0 Å². The Morgan fingerprint density at radius 3 is 2.24 bits per heavy atom. The SMILES string of the molecule is CCN(CC)C1=CC=C(C2=C(O)C(=C3C=CC(=[N+](CC)CCO)CC3)C2=O)CC1. The molecule has 29 heavy (non-hydrogen) atoms. The molecule has 0 fully saturated rings. The average molecular weight is 398 g/mol. The second-order valence-corrected chi connectivity index (χ2v) is 7.60. The van der Waals surface area contributed by atoms with Gasteiger partial charge in [-0.05, 0) is 57.3 Å². The van der Waals surface area contributed by atoms with Crippen molar-refractivity contribution in [2.75, 3.05) is 32.8 Å². The number of allylic oxidation sites excluding steroid dienone is 9. The molecule has 0 atom stereocenters. The number of hydrogen-bond acceptors (Lipinski definition) is 4. The summed E-state index contributed by atoms with van der Waals surface area (Å²) < 4.78 is 2.15. The zero-order valence-electron chi connectivity index (χ0n) is 17.9. The van der Waals surface area contributed by atoms with Crippen LogP contribution in [0.2, 0.25) is 0 Å². The van der Waals surface area contributed by atoms with Crippen LogP contribution in [0.4, 0.5) is 0 Å². The lowest BCUT2D eigenvalue weighted by Gasteiger charge is -2.30. The predicted octanol–water partition coefficient (Wildman–Crippen LogP) is 3.44. The number of hydrogen-bond donors (Lipinski definition) is 2. The molecule has 0 bridgehead atoms. The fourth-order valence-electron chi connectivity index (χ4n) is 4.45. The molecule has 0 aromatic heterocycles. The van der Waals surface area contributed by atoms with Gasteiger partial charge in [-0.25, -0.2) is 4.58 Å². The Morgan fingerprint density at radius 1 is 1.00 bits per heavy atom. The van der Waals surface area contributed by atoms with Crippen molar-refractivity contribution in [1.29, 1.82) is 0 Å². The Labute approximate surface area is 173 Å². The van der Waals surface area contributed by atoms with E-state index in [0.717, 1.165) is 56.5 Å². The van der Waals surface area contributed by atoms with Crippen molar-refractivity contribution < 1.29 is 19.6 Å². The molecule has 0 heterocycles. The summed E-state index contributed by atoms with van der Waals surface area (Å²) in [7, 11) is 0. The van der Waals surface area contributed by atoms with Crippen molar-refractivity contribution in [2.24, 2.45) is 0 Å². The van der Waals surface area contributed by atoms with Crippen molar-refractivity contribution >= 4 is 11.5 Å². The molecular formula is C24H33N2O3+. The fourth-order valence-corrected chi connectivity index (χ4v) is 4.45. The lowest BCUT2D eigenvalue weighted by molar-refractivity contribution is -0.527. The molecule has 0 spiro atoms. The summed E-state index contributed by atoms with van der Waals surface area (Å²) in [6.45, 7) is 9.92. The quantitative estimate of drug-likeness (QED) is 0.510. The molecule has 0 aromatic rings. The van der Waals surface area contributed by atoms with Crippen LogP contribution in [-0.2, 0) is 4.79 Å². The first-order valence-electron chi connectivity index (χ1n) is 10.8. The van der Waals surface area contributed by atoms with Gasteiger partial charge in [0.1, 0.15) is 18.9 Å². The molecule has 3 aliphatic carbocycles. The number of ketones is 1. The lowest BCUT2D eigenvalue weighted by Crippen LogP contribution is -2.28. The number of nitrogens with zero attached hydrogens (tertiary/aromatic N) is 2. The van der Waals surface area contributed by atoms with Gasteiger partial charge < -0.3 is 15.1 Å². The maximum absolute atomic E-state index is 12.8. The molecule has 156 valence electrons. The van der Waals surface area contributed by atoms with Gasteiger partial charge in [0.05, 0.1) is 11.1 Å². The van der Waals surface area contributed by atoms with E-state index in [-0.39, 0.29) is 18.1 Å². The number of likely N-dealkylation sites (N-methyl/N-ethyl adjacent to an activating group) is 1. The van der Waals surface area contributed by atoms with Crippen LogP contribution in [0.25, 0.3) is 0 Å². The summed E-state index contributed by atoms with van der Waals surface area (Å²) >= 11 is 0. The molecule has 5 heteroatoms. The van der Waals surface area contributed by atoms with Crippen LogP contribution in [0, 0.1) is 0 Å². The van der Waals surface area contributed by atoms with E-state index in [1.807, 2.05) is 18.2 Å². The Morgan fingerprint density at radius 2 is 1.76 bits per heavy atom. The standard InChI is InChI=1S/C24H32N2O3/c1-4-25(5-2)19-11-7-17(8-12-19)21-23(28)22(24(21)29)18-9-13-20(14-10-18)26(6-3)15-16-27/h7,9,11,13,27H,4-6,8,10,12,14-16H2,1-3H3/p+1. The maximum Gasteiger partial charge on any atom is 0.201 e. The molecule has 0 saturated heterocycles. The van der Waals surface area contributed by atoms with Crippen LogP contribution in [0.1, 0.15) is 46.5 Å². The van der Waals surface area contributed by atoms with E-state index in [1.54, 1.807) is 0 Å². The minimum atomic E-state index is -0.0285. The summed E-state index contributed by atoms with van der Waals surface area (Å²) in [6, 6.07) is 0. The molecule has 0 unspecified atom stereocenters.